The molecule has 1 N–H and O–H groups in total. The third-order valence-corrected chi connectivity index (χ3v) is 7.92. The van der Waals surface area contributed by atoms with Gasteiger partial charge in [-0.1, -0.05) is 47.6 Å². The fourth-order valence-electron chi connectivity index (χ4n) is 5.48. The van der Waals surface area contributed by atoms with Crippen molar-refractivity contribution >= 4 is 28.3 Å². The van der Waals surface area contributed by atoms with E-state index in [1.807, 2.05) is 35.2 Å². The molecule has 234 valence electrons. The van der Waals surface area contributed by atoms with Crippen LogP contribution >= 0.6 is 0 Å². The van der Waals surface area contributed by atoms with Crippen LogP contribution in [0.3, 0.4) is 0 Å². The van der Waals surface area contributed by atoms with Crippen LogP contribution in [-0.2, 0) is 11.4 Å². The Balaban J connectivity index is 1.24. The van der Waals surface area contributed by atoms with Crippen molar-refractivity contribution < 1.29 is 27.9 Å². The molecule has 46 heavy (non-hydrogen) atoms. The quantitative estimate of drug-likeness (QED) is 0.163. The molecule has 1 aromatic heterocycles. The summed E-state index contributed by atoms with van der Waals surface area (Å²) in [6.45, 7) is 2.65. The van der Waals surface area contributed by atoms with Gasteiger partial charge in [-0.2, -0.15) is 0 Å². The second-order valence-electron chi connectivity index (χ2n) is 10.9. The third kappa shape index (κ3) is 6.64. The predicted octanol–water partition coefficient (Wildman–Crippen LogP) is 5.85. The SMILES string of the molecule is O=C(O)c1cn(-c2ccc(F)cc2)c2cc(N3CCN(CC(=NOCc4ccccc4)c4ccc(F)cc4)CC3)c(F)cc2c1=O. The van der Waals surface area contributed by atoms with E-state index in [9.17, 15) is 23.5 Å². The number of fused-ring (bicyclic) bond motifs is 1. The number of oxime groups is 1. The molecule has 0 bridgehead atoms. The van der Waals surface area contributed by atoms with Crippen molar-refractivity contribution in [3.8, 4) is 5.69 Å². The molecule has 8 nitrogen and oxygen atoms in total. The second kappa shape index (κ2) is 13.3. The standard InChI is InChI=1S/C35H29F3N4O4/c36-25-8-6-24(7-9-25)31(39-46-22-23-4-2-1-3-5-23)21-40-14-16-41(17-15-40)33-19-32-28(18-30(33)38)34(43)29(35(44)45)20-42(32)27-12-10-26(37)11-13-27/h1-13,18-20H,14-17,21-22H2,(H,44,45). The van der Waals surface area contributed by atoms with Crippen LogP contribution in [0.1, 0.15) is 21.5 Å². The van der Waals surface area contributed by atoms with Crippen molar-refractivity contribution in [2.45, 2.75) is 6.61 Å². The Morgan fingerprint density at radius 3 is 2.15 bits per heavy atom. The molecule has 1 fully saturated rings. The number of carboxylic acids is 1. The molecule has 5 aromatic rings. The summed E-state index contributed by atoms with van der Waals surface area (Å²) in [4.78, 5) is 34.5. The first-order valence-corrected chi connectivity index (χ1v) is 14.6. The number of halogens is 3. The summed E-state index contributed by atoms with van der Waals surface area (Å²) < 4.78 is 44.3. The number of hydrogen-bond acceptors (Lipinski definition) is 6. The molecule has 0 aliphatic carbocycles. The van der Waals surface area contributed by atoms with Crippen molar-refractivity contribution in [1.29, 1.82) is 0 Å². The van der Waals surface area contributed by atoms with Crippen molar-refractivity contribution in [2.24, 2.45) is 5.16 Å². The largest absolute Gasteiger partial charge is 0.477 e. The van der Waals surface area contributed by atoms with E-state index in [2.05, 4.69) is 10.1 Å². The number of nitrogens with zero attached hydrogens (tertiary/aromatic N) is 4. The summed E-state index contributed by atoms with van der Waals surface area (Å²) in [5.74, 6) is -2.94. The Kier molecular flexibility index (Phi) is 8.84. The van der Waals surface area contributed by atoms with Crippen molar-refractivity contribution in [3.05, 3.63) is 142 Å². The summed E-state index contributed by atoms with van der Waals surface area (Å²) >= 11 is 0. The van der Waals surface area contributed by atoms with E-state index < -0.39 is 28.6 Å². The predicted molar refractivity (Wildman–Crippen MR) is 169 cm³/mol. The number of hydrogen-bond donors (Lipinski definition) is 1. The van der Waals surface area contributed by atoms with Crippen LogP contribution in [0, 0.1) is 17.5 Å². The Bertz CT molecular complexity index is 1960. The molecule has 0 spiro atoms. The zero-order valence-corrected chi connectivity index (χ0v) is 24.6. The molecule has 6 rings (SSSR count). The Morgan fingerprint density at radius 1 is 0.848 bits per heavy atom. The van der Waals surface area contributed by atoms with Gasteiger partial charge in [0.25, 0.3) is 0 Å². The van der Waals surface area contributed by atoms with E-state index in [0.29, 0.717) is 49.6 Å². The van der Waals surface area contributed by atoms with E-state index in [1.54, 1.807) is 12.1 Å². The third-order valence-electron chi connectivity index (χ3n) is 7.92. The highest BCUT2D eigenvalue weighted by Gasteiger charge is 2.24. The number of aromatic nitrogens is 1. The Labute approximate surface area is 262 Å². The lowest BCUT2D eigenvalue weighted by Gasteiger charge is -2.36. The van der Waals surface area contributed by atoms with Gasteiger partial charge >= 0.3 is 5.97 Å². The number of anilines is 1. The minimum absolute atomic E-state index is 0.0974. The lowest BCUT2D eigenvalue weighted by molar-refractivity contribution is 0.0695. The van der Waals surface area contributed by atoms with Crippen molar-refractivity contribution in [1.82, 2.24) is 9.47 Å². The number of rotatable bonds is 9. The maximum Gasteiger partial charge on any atom is 0.341 e. The zero-order chi connectivity index (χ0) is 32.2. The highest BCUT2D eigenvalue weighted by Crippen LogP contribution is 2.28. The van der Waals surface area contributed by atoms with Gasteiger partial charge in [-0.05, 0) is 54.1 Å². The van der Waals surface area contributed by atoms with Crippen LogP contribution in [0.5, 0.6) is 0 Å². The van der Waals surface area contributed by atoms with Crippen LogP contribution in [0.25, 0.3) is 16.6 Å². The van der Waals surface area contributed by atoms with Gasteiger partial charge in [-0.3, -0.25) is 9.69 Å². The first-order chi connectivity index (χ1) is 22.3. The molecule has 2 heterocycles. The van der Waals surface area contributed by atoms with Gasteiger partial charge in [0, 0.05) is 55.6 Å². The molecule has 0 amide bonds. The second-order valence-corrected chi connectivity index (χ2v) is 10.9. The fraction of sp³-hybridized carbons (Fsp3) is 0.171. The Morgan fingerprint density at radius 2 is 1.50 bits per heavy atom. The maximum atomic E-state index is 15.6. The minimum Gasteiger partial charge on any atom is -0.477 e. The summed E-state index contributed by atoms with van der Waals surface area (Å²) in [5, 5.41) is 13.9. The zero-order valence-electron chi connectivity index (χ0n) is 24.6. The molecule has 1 aliphatic heterocycles. The van der Waals surface area contributed by atoms with E-state index in [0.717, 1.165) is 17.2 Å². The van der Waals surface area contributed by atoms with Gasteiger partial charge in [0.2, 0.25) is 5.43 Å². The molecule has 11 heteroatoms. The molecule has 1 saturated heterocycles. The van der Waals surface area contributed by atoms with E-state index in [1.165, 1.54) is 53.2 Å². The van der Waals surface area contributed by atoms with Crippen molar-refractivity contribution in [3.63, 3.8) is 0 Å². The highest BCUT2D eigenvalue weighted by atomic mass is 19.1. The summed E-state index contributed by atoms with van der Waals surface area (Å²) in [6.07, 6.45) is 1.18. The number of aromatic carboxylic acids is 1. The van der Waals surface area contributed by atoms with Gasteiger partial charge in [0.05, 0.1) is 11.2 Å². The fourth-order valence-corrected chi connectivity index (χ4v) is 5.48. The van der Waals surface area contributed by atoms with Crippen LogP contribution in [0.4, 0.5) is 18.9 Å². The van der Waals surface area contributed by atoms with E-state index >= 15 is 4.39 Å². The lowest BCUT2D eigenvalue weighted by atomic mass is 10.1. The van der Waals surface area contributed by atoms with Crippen LogP contribution < -0.4 is 10.3 Å². The maximum absolute atomic E-state index is 15.6. The molecular weight excluding hydrogens is 597 g/mol. The number of piperazine rings is 1. The van der Waals surface area contributed by atoms with Gasteiger partial charge in [0.15, 0.2) is 0 Å². The monoisotopic (exact) mass is 626 g/mol. The summed E-state index contributed by atoms with van der Waals surface area (Å²) in [6, 6.07) is 23.6. The Hall–Kier alpha value is -5.42. The average molecular weight is 627 g/mol. The van der Waals surface area contributed by atoms with Gasteiger partial charge in [-0.15, -0.1) is 0 Å². The molecule has 1 aliphatic rings. The van der Waals surface area contributed by atoms with Crippen LogP contribution in [0.15, 0.2) is 107 Å². The lowest BCUT2D eigenvalue weighted by Crippen LogP contribution is -2.48. The van der Waals surface area contributed by atoms with Gasteiger partial charge in [-0.25, -0.2) is 18.0 Å². The highest BCUT2D eigenvalue weighted by molar-refractivity contribution is 6.01. The first kappa shape index (κ1) is 30.6. The number of benzene rings is 4. The van der Waals surface area contributed by atoms with Crippen LogP contribution in [-0.4, -0.2) is 59.0 Å². The molecule has 0 atom stereocenters. The minimum atomic E-state index is -1.45. The molecule has 4 aromatic carbocycles. The number of carbonyl (C=O) groups is 1. The van der Waals surface area contributed by atoms with Gasteiger partial charge < -0.3 is 19.4 Å². The van der Waals surface area contributed by atoms with Crippen molar-refractivity contribution in [2.75, 3.05) is 37.6 Å². The summed E-state index contributed by atoms with van der Waals surface area (Å²) in [5.41, 5.74) is 1.93. The summed E-state index contributed by atoms with van der Waals surface area (Å²) in [7, 11) is 0. The van der Waals surface area contributed by atoms with E-state index in [-0.39, 0.29) is 23.5 Å². The van der Waals surface area contributed by atoms with E-state index in [4.69, 9.17) is 4.84 Å². The topological polar surface area (TPSA) is 87.4 Å². The normalized spacial score (nSPS) is 14.1. The smallest absolute Gasteiger partial charge is 0.341 e. The molecule has 0 radical (unpaired) electrons. The van der Waals surface area contributed by atoms with Gasteiger partial charge in [0.1, 0.15) is 35.3 Å². The number of carboxylic acid groups (broad SMARTS) is 1. The molecular formula is C35H29F3N4O4. The molecule has 0 unspecified atom stereocenters. The average Bonchev–Trinajstić information content (AvgIpc) is 3.06. The molecule has 0 saturated carbocycles. The first-order valence-electron chi connectivity index (χ1n) is 14.6. The number of pyridine rings is 1. The van der Waals surface area contributed by atoms with Crippen LogP contribution in [0.2, 0.25) is 0 Å².